The summed E-state index contributed by atoms with van der Waals surface area (Å²) in [4.78, 5) is 23.8. The second kappa shape index (κ2) is 8.75. The van der Waals surface area contributed by atoms with Crippen LogP contribution in [0, 0.1) is 13.8 Å². The molecule has 2 amide bonds. The number of anilines is 2. The summed E-state index contributed by atoms with van der Waals surface area (Å²) in [5.74, 6) is -0.580. The number of benzene rings is 2. The second-order valence-corrected chi connectivity index (χ2v) is 6.96. The van der Waals surface area contributed by atoms with E-state index in [4.69, 9.17) is 11.6 Å². The predicted octanol–water partition coefficient (Wildman–Crippen LogP) is 4.75. The summed E-state index contributed by atoms with van der Waals surface area (Å²) in [5.41, 5.74) is 4.48. The lowest BCUT2D eigenvalue weighted by molar-refractivity contribution is -0.114. The van der Waals surface area contributed by atoms with Gasteiger partial charge >= 0.3 is 0 Å². The Morgan fingerprint density at radius 3 is 2.45 bits per heavy atom. The number of rotatable bonds is 5. The van der Waals surface area contributed by atoms with Crippen molar-refractivity contribution in [3.8, 4) is 5.69 Å². The van der Waals surface area contributed by atoms with Crippen molar-refractivity contribution < 1.29 is 9.59 Å². The first-order valence-electron chi connectivity index (χ1n) is 9.03. The summed E-state index contributed by atoms with van der Waals surface area (Å²) in [5, 5.41) is 10.4. The van der Waals surface area contributed by atoms with Gasteiger partial charge in [-0.05, 0) is 50.3 Å². The number of nitrogens with one attached hydrogen (secondary N) is 2. The highest BCUT2D eigenvalue weighted by atomic mass is 35.5. The lowest BCUT2D eigenvalue weighted by Crippen LogP contribution is -2.13. The van der Waals surface area contributed by atoms with E-state index in [1.54, 1.807) is 24.3 Å². The Morgan fingerprint density at radius 1 is 1.03 bits per heavy atom. The number of halogens is 1. The summed E-state index contributed by atoms with van der Waals surface area (Å²) in [6.07, 6.45) is 3.17. The Balaban J connectivity index is 1.81. The number of carbonyl (C=O) groups excluding carboxylic acids is 2. The fraction of sp³-hybridized carbons (Fsp3) is 0.136. The monoisotopic (exact) mass is 408 g/mol. The summed E-state index contributed by atoms with van der Waals surface area (Å²) in [6.45, 7) is 5.25. The molecule has 6 nitrogen and oxygen atoms in total. The zero-order valence-corrected chi connectivity index (χ0v) is 17.1. The molecule has 0 atom stereocenters. The van der Waals surface area contributed by atoms with E-state index in [0.29, 0.717) is 16.4 Å². The minimum atomic E-state index is -0.342. The van der Waals surface area contributed by atoms with Crippen LogP contribution in [-0.2, 0) is 9.59 Å². The topological polar surface area (TPSA) is 76.0 Å². The van der Waals surface area contributed by atoms with E-state index >= 15 is 0 Å². The number of carbonyl (C=O) groups is 2. The van der Waals surface area contributed by atoms with E-state index < -0.39 is 0 Å². The van der Waals surface area contributed by atoms with Crippen LogP contribution in [-0.4, -0.2) is 21.6 Å². The number of aromatic nitrogens is 2. The first kappa shape index (κ1) is 20.4. The van der Waals surface area contributed by atoms with Crippen molar-refractivity contribution in [3.63, 3.8) is 0 Å². The van der Waals surface area contributed by atoms with Gasteiger partial charge in [0.15, 0.2) is 0 Å². The van der Waals surface area contributed by atoms with Crippen LogP contribution in [0.15, 0.2) is 54.6 Å². The molecule has 2 aromatic carbocycles. The number of aryl methyl sites for hydroxylation is 1. The molecule has 0 unspecified atom stereocenters. The Kier molecular flexibility index (Phi) is 6.14. The zero-order valence-electron chi connectivity index (χ0n) is 16.4. The van der Waals surface area contributed by atoms with E-state index in [1.165, 1.54) is 13.0 Å². The van der Waals surface area contributed by atoms with Crippen LogP contribution in [0.2, 0.25) is 5.02 Å². The van der Waals surface area contributed by atoms with Gasteiger partial charge in [-0.25, -0.2) is 4.68 Å². The number of hydrogen-bond acceptors (Lipinski definition) is 3. The van der Waals surface area contributed by atoms with Crippen LogP contribution >= 0.6 is 11.6 Å². The molecular weight excluding hydrogens is 388 g/mol. The van der Waals surface area contributed by atoms with Crippen molar-refractivity contribution in [2.45, 2.75) is 20.8 Å². The van der Waals surface area contributed by atoms with Gasteiger partial charge in [0, 0.05) is 29.3 Å². The van der Waals surface area contributed by atoms with E-state index in [2.05, 4.69) is 15.7 Å². The zero-order chi connectivity index (χ0) is 21.0. The van der Waals surface area contributed by atoms with Crippen LogP contribution < -0.4 is 10.6 Å². The third-order valence-electron chi connectivity index (χ3n) is 4.30. The second-order valence-electron chi connectivity index (χ2n) is 6.53. The molecule has 0 bridgehead atoms. The molecule has 0 fully saturated rings. The van der Waals surface area contributed by atoms with Crippen molar-refractivity contribution in [2.24, 2.45) is 0 Å². The molecule has 0 aliphatic carbocycles. The molecule has 148 valence electrons. The quantitative estimate of drug-likeness (QED) is 0.598. The maximum atomic E-state index is 12.5. The van der Waals surface area contributed by atoms with Crippen LogP contribution in [0.4, 0.5) is 11.4 Å². The third-order valence-corrected chi connectivity index (χ3v) is 4.53. The van der Waals surface area contributed by atoms with Gasteiger partial charge < -0.3 is 10.6 Å². The molecule has 0 saturated carbocycles. The average Bonchev–Trinajstić information content (AvgIpc) is 2.96. The summed E-state index contributed by atoms with van der Waals surface area (Å²) < 4.78 is 1.85. The predicted molar refractivity (Wildman–Crippen MR) is 116 cm³/mol. The van der Waals surface area contributed by atoms with E-state index in [0.717, 1.165) is 22.6 Å². The fourth-order valence-corrected chi connectivity index (χ4v) is 3.14. The number of amides is 2. The Bertz CT molecular complexity index is 1090. The van der Waals surface area contributed by atoms with Crippen molar-refractivity contribution in [3.05, 3.63) is 76.6 Å². The maximum absolute atomic E-state index is 12.5. The van der Waals surface area contributed by atoms with E-state index in [1.807, 2.05) is 48.9 Å². The van der Waals surface area contributed by atoms with Gasteiger partial charge in [0.1, 0.15) is 0 Å². The molecule has 3 rings (SSSR count). The number of para-hydroxylation sites is 1. The van der Waals surface area contributed by atoms with Gasteiger partial charge in [-0.1, -0.05) is 29.8 Å². The van der Waals surface area contributed by atoms with Gasteiger partial charge in [-0.2, -0.15) is 5.10 Å². The molecule has 1 aromatic heterocycles. The van der Waals surface area contributed by atoms with Gasteiger partial charge in [-0.15, -0.1) is 0 Å². The molecule has 2 N–H and O–H groups in total. The molecule has 3 aromatic rings. The SMILES string of the molecule is CC(=O)Nc1ccc(Cl)cc1NC(=O)/C=C/c1c(C)nn(-c2ccccc2)c1C. The molecule has 7 heteroatoms. The van der Waals surface area contributed by atoms with Gasteiger partial charge in [0.25, 0.3) is 0 Å². The summed E-state index contributed by atoms with van der Waals surface area (Å²) in [6, 6.07) is 14.7. The van der Waals surface area contributed by atoms with Crippen LogP contribution in [0.1, 0.15) is 23.9 Å². The molecule has 29 heavy (non-hydrogen) atoms. The van der Waals surface area contributed by atoms with E-state index in [9.17, 15) is 9.59 Å². The van der Waals surface area contributed by atoms with Gasteiger partial charge in [-0.3, -0.25) is 9.59 Å². The van der Waals surface area contributed by atoms with Crippen LogP contribution in [0.25, 0.3) is 11.8 Å². The number of nitrogens with zero attached hydrogens (tertiary/aromatic N) is 2. The fourth-order valence-electron chi connectivity index (χ4n) is 2.97. The van der Waals surface area contributed by atoms with Crippen molar-refractivity contribution >= 4 is 40.9 Å². The molecular formula is C22H21ClN4O2. The lowest BCUT2D eigenvalue weighted by atomic mass is 10.1. The minimum Gasteiger partial charge on any atom is -0.325 e. The lowest BCUT2D eigenvalue weighted by Gasteiger charge is -2.10. The Morgan fingerprint density at radius 2 is 1.76 bits per heavy atom. The number of hydrogen-bond donors (Lipinski definition) is 2. The molecule has 0 spiro atoms. The molecule has 0 saturated heterocycles. The van der Waals surface area contributed by atoms with Crippen LogP contribution in [0.3, 0.4) is 0 Å². The Labute approximate surface area is 174 Å². The minimum absolute atomic E-state index is 0.238. The van der Waals surface area contributed by atoms with Crippen molar-refractivity contribution in [2.75, 3.05) is 10.6 Å². The van der Waals surface area contributed by atoms with E-state index in [-0.39, 0.29) is 11.8 Å². The Hall–Kier alpha value is -3.38. The highest BCUT2D eigenvalue weighted by molar-refractivity contribution is 6.31. The molecule has 0 radical (unpaired) electrons. The summed E-state index contributed by atoms with van der Waals surface area (Å²) >= 11 is 6.02. The highest BCUT2D eigenvalue weighted by Gasteiger charge is 2.12. The normalized spacial score (nSPS) is 10.9. The van der Waals surface area contributed by atoms with Crippen molar-refractivity contribution in [1.29, 1.82) is 0 Å². The summed E-state index contributed by atoms with van der Waals surface area (Å²) in [7, 11) is 0. The molecule has 0 aliphatic heterocycles. The molecule has 1 heterocycles. The smallest absolute Gasteiger partial charge is 0.248 e. The first-order chi connectivity index (χ1) is 13.8. The standard InChI is InChI=1S/C22H21ClN4O2/c1-14-19(15(2)27(26-14)18-7-5-4-6-8-18)10-12-22(29)25-21-13-17(23)9-11-20(21)24-16(3)28/h4-13H,1-3H3,(H,24,28)(H,25,29)/b12-10+. The average molecular weight is 409 g/mol. The molecule has 0 aliphatic rings. The third kappa shape index (κ3) is 4.92. The van der Waals surface area contributed by atoms with Gasteiger partial charge in [0.2, 0.25) is 11.8 Å². The van der Waals surface area contributed by atoms with Crippen LogP contribution in [0.5, 0.6) is 0 Å². The van der Waals surface area contributed by atoms with Crippen molar-refractivity contribution in [1.82, 2.24) is 9.78 Å². The van der Waals surface area contributed by atoms with Gasteiger partial charge in [0.05, 0.1) is 22.8 Å². The highest BCUT2D eigenvalue weighted by Crippen LogP contribution is 2.26. The largest absolute Gasteiger partial charge is 0.325 e. The first-order valence-corrected chi connectivity index (χ1v) is 9.41. The maximum Gasteiger partial charge on any atom is 0.248 e.